The maximum Gasteiger partial charge on any atom is 0.263 e. The molecule has 7 heteroatoms. The van der Waals surface area contributed by atoms with Gasteiger partial charge in [-0.1, -0.05) is 0 Å². The van der Waals surface area contributed by atoms with E-state index in [4.69, 9.17) is 5.26 Å². The van der Waals surface area contributed by atoms with Crippen LogP contribution in [0.5, 0.6) is 0 Å². The summed E-state index contributed by atoms with van der Waals surface area (Å²) in [5, 5.41) is 8.58. The molecule has 0 saturated carbocycles. The zero-order chi connectivity index (χ0) is 13.2. The number of aromatic nitrogens is 1. The van der Waals surface area contributed by atoms with Gasteiger partial charge in [0.05, 0.1) is 17.3 Å². The highest BCUT2D eigenvalue weighted by atomic mass is 32.2. The molecule has 0 aliphatic carbocycles. The van der Waals surface area contributed by atoms with Crippen molar-refractivity contribution in [3.05, 3.63) is 48.0 Å². The average molecular weight is 265 g/mol. The molecule has 0 saturated heterocycles. The van der Waals surface area contributed by atoms with E-state index in [1.165, 1.54) is 30.6 Å². The Kier molecular flexibility index (Phi) is 3.04. The van der Waals surface area contributed by atoms with Gasteiger partial charge in [-0.2, -0.15) is 5.26 Å². The Morgan fingerprint density at radius 2 is 2.11 bits per heavy atom. The molecule has 2 rings (SSSR count). The van der Waals surface area contributed by atoms with E-state index in [2.05, 4.69) is 9.71 Å². The predicted molar refractivity (Wildman–Crippen MR) is 62.7 cm³/mol. The molecule has 0 amide bonds. The van der Waals surface area contributed by atoms with E-state index in [-0.39, 0.29) is 16.1 Å². The summed E-state index contributed by atoms with van der Waals surface area (Å²) in [5.74, 6) is -0.798. The third kappa shape index (κ3) is 2.33. The first kappa shape index (κ1) is 12.1. The lowest BCUT2D eigenvalue weighted by Gasteiger charge is -2.07. The van der Waals surface area contributed by atoms with Crippen LogP contribution in [0.15, 0.2) is 41.6 Å². The number of aromatic amines is 1. The van der Waals surface area contributed by atoms with Crippen molar-refractivity contribution in [1.29, 1.82) is 5.26 Å². The number of sulfonamides is 1. The van der Waals surface area contributed by atoms with Crippen LogP contribution in [0.2, 0.25) is 0 Å². The molecule has 0 atom stereocenters. The molecule has 2 aromatic rings. The summed E-state index contributed by atoms with van der Waals surface area (Å²) in [6, 6.07) is 6.62. The van der Waals surface area contributed by atoms with Gasteiger partial charge in [-0.25, -0.2) is 12.8 Å². The summed E-state index contributed by atoms with van der Waals surface area (Å²) in [7, 11) is -3.82. The first-order valence-corrected chi connectivity index (χ1v) is 6.36. The van der Waals surface area contributed by atoms with Gasteiger partial charge in [-0.3, -0.25) is 4.72 Å². The van der Waals surface area contributed by atoms with Gasteiger partial charge in [0, 0.05) is 12.4 Å². The molecule has 1 aromatic heterocycles. The van der Waals surface area contributed by atoms with E-state index in [1.54, 1.807) is 6.07 Å². The lowest BCUT2D eigenvalue weighted by atomic mass is 10.2. The van der Waals surface area contributed by atoms with Crippen molar-refractivity contribution in [2.24, 2.45) is 0 Å². The third-order valence-electron chi connectivity index (χ3n) is 2.22. The zero-order valence-electron chi connectivity index (χ0n) is 9.01. The van der Waals surface area contributed by atoms with E-state index in [9.17, 15) is 12.8 Å². The molecule has 2 N–H and O–H groups in total. The summed E-state index contributed by atoms with van der Waals surface area (Å²) in [6.45, 7) is 0. The number of rotatable bonds is 3. The molecule has 0 aliphatic rings. The number of benzene rings is 1. The highest BCUT2D eigenvalue weighted by Crippen LogP contribution is 2.19. The molecular formula is C11H8FN3O2S. The molecule has 0 fully saturated rings. The van der Waals surface area contributed by atoms with Gasteiger partial charge in [0.1, 0.15) is 10.7 Å². The van der Waals surface area contributed by atoms with Crippen LogP contribution < -0.4 is 4.72 Å². The maximum atomic E-state index is 13.5. The van der Waals surface area contributed by atoms with E-state index >= 15 is 0 Å². The highest BCUT2D eigenvalue weighted by molar-refractivity contribution is 7.92. The van der Waals surface area contributed by atoms with Crippen molar-refractivity contribution in [3.63, 3.8) is 0 Å². The smallest absolute Gasteiger partial charge is 0.263 e. The minimum atomic E-state index is -3.82. The van der Waals surface area contributed by atoms with Crippen LogP contribution in [0.3, 0.4) is 0 Å². The quantitative estimate of drug-likeness (QED) is 0.887. The van der Waals surface area contributed by atoms with Crippen molar-refractivity contribution < 1.29 is 12.8 Å². The van der Waals surface area contributed by atoms with Crippen LogP contribution in [-0.4, -0.2) is 13.4 Å². The largest absolute Gasteiger partial charge is 0.366 e. The van der Waals surface area contributed by atoms with Gasteiger partial charge in [-0.05, 0) is 24.3 Å². The summed E-state index contributed by atoms with van der Waals surface area (Å²) in [4.78, 5) is 2.60. The van der Waals surface area contributed by atoms with Crippen molar-refractivity contribution >= 4 is 15.7 Å². The third-order valence-corrected chi connectivity index (χ3v) is 3.59. The monoisotopic (exact) mass is 265 g/mol. The minimum Gasteiger partial charge on any atom is -0.366 e. The molecular weight excluding hydrogens is 257 g/mol. The predicted octanol–water partition coefficient (Wildman–Crippen LogP) is 1.83. The van der Waals surface area contributed by atoms with E-state index in [1.807, 2.05) is 0 Å². The van der Waals surface area contributed by atoms with E-state index in [0.717, 1.165) is 6.07 Å². The second-order valence-electron chi connectivity index (χ2n) is 3.46. The molecule has 92 valence electrons. The normalized spacial score (nSPS) is 10.9. The van der Waals surface area contributed by atoms with Gasteiger partial charge < -0.3 is 4.98 Å². The minimum absolute atomic E-state index is 0.00580. The Balaban J connectivity index is 2.33. The van der Waals surface area contributed by atoms with Crippen molar-refractivity contribution in [2.75, 3.05) is 4.72 Å². The first-order chi connectivity index (χ1) is 8.53. The van der Waals surface area contributed by atoms with Crippen LogP contribution in [0, 0.1) is 17.1 Å². The highest BCUT2D eigenvalue weighted by Gasteiger charge is 2.16. The maximum absolute atomic E-state index is 13.5. The summed E-state index contributed by atoms with van der Waals surface area (Å²) in [6.07, 6.45) is 2.73. The number of H-pyrrole nitrogens is 1. The lowest BCUT2D eigenvalue weighted by Crippen LogP contribution is -2.13. The molecule has 1 aromatic carbocycles. The van der Waals surface area contributed by atoms with Gasteiger partial charge in [0.2, 0.25) is 0 Å². The molecule has 1 heterocycles. The summed E-state index contributed by atoms with van der Waals surface area (Å²) >= 11 is 0. The Labute approximate surface area is 103 Å². The van der Waals surface area contributed by atoms with Crippen LogP contribution in [0.4, 0.5) is 10.1 Å². The van der Waals surface area contributed by atoms with E-state index in [0.29, 0.717) is 0 Å². The van der Waals surface area contributed by atoms with Gasteiger partial charge in [-0.15, -0.1) is 0 Å². The fourth-order valence-corrected chi connectivity index (χ4v) is 2.39. The Morgan fingerprint density at radius 1 is 1.33 bits per heavy atom. The summed E-state index contributed by atoms with van der Waals surface area (Å²) in [5.41, 5.74) is -0.0766. The second-order valence-corrected chi connectivity index (χ2v) is 5.14. The van der Waals surface area contributed by atoms with Crippen LogP contribution in [-0.2, 0) is 10.0 Å². The van der Waals surface area contributed by atoms with Crippen molar-refractivity contribution in [2.45, 2.75) is 4.90 Å². The average Bonchev–Trinajstić information content (AvgIpc) is 2.86. The SMILES string of the molecule is N#Cc1ccc(NS(=O)(=O)c2cc[nH]c2)c(F)c1. The van der Waals surface area contributed by atoms with Gasteiger partial charge in [0.25, 0.3) is 10.0 Å². The first-order valence-electron chi connectivity index (χ1n) is 4.88. The number of hydrogen-bond acceptors (Lipinski definition) is 3. The van der Waals surface area contributed by atoms with Crippen LogP contribution in [0.1, 0.15) is 5.56 Å². The Morgan fingerprint density at radius 3 is 2.67 bits per heavy atom. The Hall–Kier alpha value is -2.33. The van der Waals surface area contributed by atoms with Gasteiger partial charge in [0.15, 0.2) is 0 Å². The van der Waals surface area contributed by atoms with Crippen LogP contribution >= 0.6 is 0 Å². The number of anilines is 1. The Bertz CT molecular complexity index is 702. The van der Waals surface area contributed by atoms with Crippen molar-refractivity contribution in [3.8, 4) is 6.07 Å². The number of hydrogen-bond donors (Lipinski definition) is 2. The fourth-order valence-electron chi connectivity index (χ4n) is 1.35. The standard InChI is InChI=1S/C11H8FN3O2S/c12-10-5-8(6-13)1-2-11(10)15-18(16,17)9-3-4-14-7-9/h1-5,7,14-15H. The number of nitrogens with zero attached hydrogens (tertiary/aromatic N) is 1. The topological polar surface area (TPSA) is 85.8 Å². The molecule has 5 nitrogen and oxygen atoms in total. The van der Waals surface area contributed by atoms with Crippen molar-refractivity contribution in [1.82, 2.24) is 4.98 Å². The lowest BCUT2D eigenvalue weighted by molar-refractivity contribution is 0.598. The molecule has 0 unspecified atom stereocenters. The number of nitriles is 1. The molecule has 0 bridgehead atoms. The fraction of sp³-hybridized carbons (Fsp3) is 0. The zero-order valence-corrected chi connectivity index (χ0v) is 9.83. The number of nitrogens with one attached hydrogen (secondary N) is 2. The molecule has 0 radical (unpaired) electrons. The van der Waals surface area contributed by atoms with E-state index < -0.39 is 15.8 Å². The molecule has 18 heavy (non-hydrogen) atoms. The summed E-state index contributed by atoms with van der Waals surface area (Å²) < 4.78 is 39.2. The second kappa shape index (κ2) is 4.50. The van der Waals surface area contributed by atoms with Crippen LogP contribution in [0.25, 0.3) is 0 Å². The molecule has 0 aliphatic heterocycles. The molecule has 0 spiro atoms. The van der Waals surface area contributed by atoms with Gasteiger partial charge >= 0.3 is 0 Å². The number of halogens is 1.